The van der Waals surface area contributed by atoms with Crippen LogP contribution in [0.5, 0.6) is 0 Å². The summed E-state index contributed by atoms with van der Waals surface area (Å²) in [6, 6.07) is 0. The summed E-state index contributed by atoms with van der Waals surface area (Å²) >= 11 is 0. The molecule has 15 heteroatoms. The second-order valence-electron chi connectivity index (χ2n) is 11.5. The fraction of sp³-hybridized carbons (Fsp3) is 0.294. The topological polar surface area (TPSA) is 195 Å². The van der Waals surface area contributed by atoms with E-state index in [1.165, 1.54) is 0 Å². The number of carboxylic acids is 3. The number of aromatic nitrogens is 1. The fourth-order valence-corrected chi connectivity index (χ4v) is 6.82. The minimum atomic E-state index is -1.68. The molecule has 0 saturated carbocycles. The molecule has 0 saturated heterocycles. The van der Waals surface area contributed by atoms with Crippen LogP contribution in [0.4, 0.5) is 0 Å². The summed E-state index contributed by atoms with van der Waals surface area (Å²) in [6.07, 6.45) is 6.55. The van der Waals surface area contributed by atoms with Crippen LogP contribution in [0, 0.1) is 24.7 Å². The zero-order valence-electron chi connectivity index (χ0n) is 28.3. The van der Waals surface area contributed by atoms with E-state index in [-0.39, 0.29) is 152 Å². The van der Waals surface area contributed by atoms with E-state index in [0.29, 0.717) is 51.6 Å². The maximum absolute atomic E-state index is 13.7. The fourth-order valence-electron chi connectivity index (χ4n) is 6.82. The first-order valence-electron chi connectivity index (χ1n) is 14.6. The zero-order chi connectivity index (χ0) is 32.5. The number of hydrogen-bond donors (Lipinski definition) is 0. The molecule has 0 fully saturated rings. The summed E-state index contributed by atoms with van der Waals surface area (Å²) in [5.41, 5.74) is 4.62. The van der Waals surface area contributed by atoms with Gasteiger partial charge in [0.05, 0.1) is 34.8 Å². The molecule has 1 unspecified atom stereocenters. The zero-order valence-corrected chi connectivity index (χ0v) is 35.3. The van der Waals surface area contributed by atoms with Gasteiger partial charge in [-0.25, -0.2) is 9.98 Å². The van der Waals surface area contributed by atoms with Gasteiger partial charge in [-0.1, -0.05) is 38.1 Å². The molecule has 5 heterocycles. The average Bonchev–Trinajstić information content (AvgIpc) is 3.72. The van der Waals surface area contributed by atoms with E-state index in [0.717, 1.165) is 5.57 Å². The van der Waals surface area contributed by atoms with Crippen LogP contribution in [0.2, 0.25) is 0 Å². The monoisotopic (exact) mass is 735 g/mol. The third-order valence-corrected chi connectivity index (χ3v) is 9.13. The summed E-state index contributed by atoms with van der Waals surface area (Å²) in [7, 11) is 0. The number of fused-ring (bicyclic) bond motifs is 5. The van der Waals surface area contributed by atoms with Gasteiger partial charge in [-0.15, -0.1) is 16.8 Å². The molecule has 0 N–H and O–H groups in total. The maximum atomic E-state index is 13.7. The van der Waals surface area contributed by atoms with Crippen molar-refractivity contribution in [3.8, 4) is 0 Å². The molecule has 8 bridgehead atoms. The number of carboxylic acid groups (broad SMARTS) is 3. The summed E-state index contributed by atoms with van der Waals surface area (Å²) in [4.78, 5) is 55.3. The van der Waals surface area contributed by atoms with Crippen LogP contribution in [0.3, 0.4) is 0 Å². The smallest absolute Gasteiger partial charge is 0.874 e. The van der Waals surface area contributed by atoms with Crippen molar-refractivity contribution in [1.29, 1.82) is 0 Å². The number of aliphatic imine (C=N–C) groups is 3. The van der Waals surface area contributed by atoms with Crippen LogP contribution in [0.25, 0.3) is 17.4 Å². The van der Waals surface area contributed by atoms with Gasteiger partial charge in [0.25, 0.3) is 0 Å². The van der Waals surface area contributed by atoms with Gasteiger partial charge < -0.3 is 39.8 Å². The average molecular weight is 736 g/mol. The Bertz CT molecular complexity index is 2060. The van der Waals surface area contributed by atoms with Crippen LogP contribution in [0.1, 0.15) is 51.3 Å². The van der Waals surface area contributed by atoms with Gasteiger partial charge in [0.2, 0.25) is 0 Å². The number of allylic oxidation sites excluding steroid dienone is 6. The molecule has 0 amide bonds. The van der Waals surface area contributed by atoms with Gasteiger partial charge in [-0.05, 0) is 67.2 Å². The Hall–Kier alpha value is -1.80. The molecule has 1 radical (unpaired) electrons. The first kappa shape index (κ1) is 43.4. The van der Waals surface area contributed by atoms with Crippen LogP contribution in [-0.2, 0) is 31.5 Å². The molecule has 49 heavy (non-hydrogen) atoms. The third-order valence-electron chi connectivity index (χ3n) is 9.13. The Morgan fingerprint density at radius 3 is 2.20 bits per heavy atom. The molecule has 1 aromatic rings. The molecule has 5 aliphatic rings. The normalized spacial score (nSPS) is 21.6. The summed E-state index contributed by atoms with van der Waals surface area (Å²) in [5, 5.41) is 50.3. The van der Waals surface area contributed by atoms with E-state index in [4.69, 9.17) is 15.0 Å². The number of aliphatic carboxylic acids is 3. The van der Waals surface area contributed by atoms with E-state index >= 15 is 0 Å². The van der Waals surface area contributed by atoms with Gasteiger partial charge in [-0.3, -0.25) is 4.99 Å². The SMILES string of the molecule is C=CC1=C(C)C2=NC1=CC1=NC(=Cc3[n-]c4c(c3C)=C([O-])C(C(=O)[O-])C=4C3=NC(=C2)[C@@H](C)[C@@H]3CCC(=O)[O-])C(CC)=C1C(=O)[O-].[Cu+2].[Na+].[Na+].[Na+]. The summed E-state index contributed by atoms with van der Waals surface area (Å²) in [5.74, 6) is -7.64. The Kier molecular flexibility index (Phi) is 14.8. The maximum Gasteiger partial charge on any atom is 2.00 e. The molecule has 1 aliphatic carbocycles. The first-order chi connectivity index (χ1) is 21.4. The van der Waals surface area contributed by atoms with Gasteiger partial charge in [0.15, 0.2) is 0 Å². The molecule has 6 rings (SSSR count). The van der Waals surface area contributed by atoms with Crippen molar-refractivity contribution in [2.75, 3.05) is 0 Å². The van der Waals surface area contributed by atoms with Crippen LogP contribution >= 0.6 is 0 Å². The van der Waals surface area contributed by atoms with Crippen molar-refractivity contribution < 1.29 is 141 Å². The number of hydrogen-bond acceptors (Lipinski definition) is 10. The molecule has 1 aromatic heterocycles. The van der Waals surface area contributed by atoms with E-state index in [2.05, 4.69) is 11.6 Å². The molecule has 4 aliphatic heterocycles. The Labute approximate surface area is 359 Å². The minimum Gasteiger partial charge on any atom is -0.874 e. The molecule has 0 spiro atoms. The molecule has 0 aromatic carbocycles. The minimum absolute atomic E-state index is 0. The van der Waals surface area contributed by atoms with E-state index in [9.17, 15) is 34.8 Å². The first-order valence-corrected chi connectivity index (χ1v) is 14.6. The van der Waals surface area contributed by atoms with E-state index in [1.54, 1.807) is 38.2 Å². The predicted molar refractivity (Wildman–Crippen MR) is 158 cm³/mol. The van der Waals surface area contributed by atoms with Gasteiger partial charge in [0, 0.05) is 46.3 Å². The molecular formula is C34H27CuN4Na3O7. The summed E-state index contributed by atoms with van der Waals surface area (Å²) in [6.45, 7) is 11.0. The molecule has 11 nitrogen and oxygen atoms in total. The van der Waals surface area contributed by atoms with E-state index < -0.39 is 41.4 Å². The molecular weight excluding hydrogens is 709 g/mol. The number of carbonyl (C=O) groups is 3. The van der Waals surface area contributed by atoms with Gasteiger partial charge >= 0.3 is 106 Å². The van der Waals surface area contributed by atoms with Crippen LogP contribution in [0.15, 0.2) is 79.2 Å². The van der Waals surface area contributed by atoms with Crippen molar-refractivity contribution >= 4 is 52.5 Å². The van der Waals surface area contributed by atoms with Gasteiger partial charge in [-0.2, -0.15) is 0 Å². The molecule has 239 valence electrons. The van der Waals surface area contributed by atoms with Crippen molar-refractivity contribution in [3.63, 3.8) is 0 Å². The third kappa shape index (κ3) is 7.30. The van der Waals surface area contributed by atoms with Crippen molar-refractivity contribution in [1.82, 2.24) is 4.98 Å². The van der Waals surface area contributed by atoms with E-state index in [1.807, 2.05) is 13.8 Å². The number of carbonyl (C=O) groups excluding carboxylic acids is 3. The quantitative estimate of drug-likeness (QED) is 0.246. The van der Waals surface area contributed by atoms with Crippen LogP contribution < -0.4 is 125 Å². The van der Waals surface area contributed by atoms with Crippen molar-refractivity contribution in [2.24, 2.45) is 32.7 Å². The number of rotatable bonds is 7. The number of nitrogens with zero attached hydrogens (tertiary/aromatic N) is 4. The van der Waals surface area contributed by atoms with Gasteiger partial charge in [0.1, 0.15) is 0 Å². The Morgan fingerprint density at radius 2 is 1.63 bits per heavy atom. The molecule has 3 atom stereocenters. The standard InChI is InChI=1S/C34H32N4O7.Cu.3Na/c1-6-16-13(3)19-10-20-14(4)18(8-9-25(39)40)30(37-20)28-29(34(44)45)32(41)26-15(5)21(38-31(26)28)11-23-17(7-2)27(33(42)43)24(36-23)12-22(16)35-19;;;;/h6,10-12,14,18,29H,1,7-9H2,2-5H3,(H5,35,36,37,38,39,40,41,42,43,44,45);;;;/q;+2;3*+1/p-5/t14-,18-,29?;;;;/m0..../s1. The largest absolute Gasteiger partial charge is 2.00 e. The Morgan fingerprint density at radius 1 is 0.980 bits per heavy atom. The summed E-state index contributed by atoms with van der Waals surface area (Å²) < 4.78 is 0. The predicted octanol–water partition coefficient (Wildman–Crippen LogP) is -10.8. The second kappa shape index (κ2) is 16.7. The van der Waals surface area contributed by atoms with Crippen molar-refractivity contribution in [2.45, 2.75) is 47.0 Å². The van der Waals surface area contributed by atoms with Crippen molar-refractivity contribution in [3.05, 3.63) is 86.0 Å². The Balaban J connectivity index is 0.00000208. The van der Waals surface area contributed by atoms with Crippen LogP contribution in [-0.4, -0.2) is 35.0 Å². The second-order valence-corrected chi connectivity index (χ2v) is 11.5.